The molecule has 1 amide bonds. The van der Waals surface area contributed by atoms with E-state index in [1.165, 1.54) is 34.0 Å². The molecule has 0 radical (unpaired) electrons. The lowest BCUT2D eigenvalue weighted by atomic mass is 10.1. The van der Waals surface area contributed by atoms with Gasteiger partial charge in [-0.05, 0) is 18.2 Å². The highest BCUT2D eigenvalue weighted by Crippen LogP contribution is 2.23. The van der Waals surface area contributed by atoms with Crippen molar-refractivity contribution in [3.05, 3.63) is 42.0 Å². The number of halogens is 1. The van der Waals surface area contributed by atoms with Crippen LogP contribution in [-0.4, -0.2) is 34.7 Å². The highest BCUT2D eigenvalue weighted by Gasteiger charge is 2.11. The lowest BCUT2D eigenvalue weighted by molar-refractivity contribution is -0.129. The van der Waals surface area contributed by atoms with Crippen LogP contribution in [0.3, 0.4) is 0 Å². The summed E-state index contributed by atoms with van der Waals surface area (Å²) in [5.41, 5.74) is 1.21. The van der Waals surface area contributed by atoms with Gasteiger partial charge >= 0.3 is 0 Å². The Balaban J connectivity index is 2.29. The summed E-state index contributed by atoms with van der Waals surface area (Å²) in [5.74, 6) is -0.534. The van der Waals surface area contributed by atoms with Crippen molar-refractivity contribution in [3.63, 3.8) is 0 Å². The maximum Gasteiger partial charge on any atom is 0.243 e. The number of hydrogen-bond acceptors (Lipinski definition) is 3. The van der Waals surface area contributed by atoms with Crippen LogP contribution < -0.4 is 0 Å². The molecule has 102 valence electrons. The Labute approximate surface area is 115 Å². The number of amides is 1. The van der Waals surface area contributed by atoms with Crippen molar-refractivity contribution in [1.29, 1.82) is 5.26 Å². The van der Waals surface area contributed by atoms with Crippen LogP contribution in [0.15, 0.2) is 30.6 Å². The van der Waals surface area contributed by atoms with Crippen LogP contribution in [-0.2, 0) is 11.3 Å². The van der Waals surface area contributed by atoms with Gasteiger partial charge in [-0.3, -0.25) is 9.48 Å². The molecule has 5 nitrogen and oxygen atoms in total. The van der Waals surface area contributed by atoms with Crippen molar-refractivity contribution in [3.8, 4) is 17.2 Å². The zero-order valence-electron chi connectivity index (χ0n) is 11.2. The second-order valence-corrected chi connectivity index (χ2v) is 4.52. The zero-order chi connectivity index (χ0) is 14.7. The average molecular weight is 272 g/mol. The van der Waals surface area contributed by atoms with Gasteiger partial charge in [0.25, 0.3) is 0 Å². The van der Waals surface area contributed by atoms with Crippen LogP contribution in [0.5, 0.6) is 0 Å². The normalized spacial score (nSPS) is 10.1. The molecule has 0 saturated heterocycles. The topological polar surface area (TPSA) is 61.9 Å². The molecule has 0 unspecified atom stereocenters. The molecule has 20 heavy (non-hydrogen) atoms. The van der Waals surface area contributed by atoms with E-state index in [1.807, 2.05) is 6.07 Å². The van der Waals surface area contributed by atoms with E-state index in [9.17, 15) is 9.18 Å². The second-order valence-electron chi connectivity index (χ2n) is 4.52. The molecule has 0 aliphatic carbocycles. The van der Waals surface area contributed by atoms with E-state index in [-0.39, 0.29) is 12.5 Å². The SMILES string of the molecule is CN(C)C(=O)Cn1cc(-c2cc(C#N)ccc2F)cn1. The fourth-order valence-corrected chi connectivity index (χ4v) is 1.69. The molecule has 0 spiro atoms. The molecule has 6 heteroatoms. The number of rotatable bonds is 3. The highest BCUT2D eigenvalue weighted by molar-refractivity contribution is 5.75. The van der Waals surface area contributed by atoms with Crippen molar-refractivity contribution < 1.29 is 9.18 Å². The van der Waals surface area contributed by atoms with Crippen molar-refractivity contribution in [1.82, 2.24) is 14.7 Å². The molecule has 2 aromatic rings. The van der Waals surface area contributed by atoms with Gasteiger partial charge in [-0.15, -0.1) is 0 Å². The lowest BCUT2D eigenvalue weighted by Crippen LogP contribution is -2.26. The summed E-state index contributed by atoms with van der Waals surface area (Å²) in [6.45, 7) is 0.0898. The average Bonchev–Trinajstić information content (AvgIpc) is 2.87. The van der Waals surface area contributed by atoms with E-state index in [4.69, 9.17) is 5.26 Å². The van der Waals surface area contributed by atoms with Gasteiger partial charge in [0, 0.05) is 31.4 Å². The first-order valence-electron chi connectivity index (χ1n) is 5.94. The van der Waals surface area contributed by atoms with E-state index in [0.29, 0.717) is 16.7 Å². The van der Waals surface area contributed by atoms with Gasteiger partial charge in [-0.2, -0.15) is 10.4 Å². The molecule has 0 fully saturated rings. The summed E-state index contributed by atoms with van der Waals surface area (Å²) >= 11 is 0. The van der Waals surface area contributed by atoms with E-state index < -0.39 is 5.82 Å². The number of aromatic nitrogens is 2. The van der Waals surface area contributed by atoms with Crippen LogP contribution in [0.25, 0.3) is 11.1 Å². The molecule has 0 atom stereocenters. The third-order valence-corrected chi connectivity index (χ3v) is 2.84. The largest absolute Gasteiger partial charge is 0.347 e. The van der Waals surface area contributed by atoms with Crippen LogP contribution in [0, 0.1) is 17.1 Å². The van der Waals surface area contributed by atoms with Crippen LogP contribution in [0.2, 0.25) is 0 Å². The van der Waals surface area contributed by atoms with Gasteiger partial charge in [-0.25, -0.2) is 4.39 Å². The first kappa shape index (κ1) is 13.7. The molecule has 0 bridgehead atoms. The smallest absolute Gasteiger partial charge is 0.243 e. The van der Waals surface area contributed by atoms with Gasteiger partial charge in [0.1, 0.15) is 12.4 Å². The molecular formula is C14H13FN4O. The van der Waals surface area contributed by atoms with E-state index in [0.717, 1.165) is 0 Å². The number of hydrogen-bond donors (Lipinski definition) is 0. The quantitative estimate of drug-likeness (QED) is 0.853. The molecule has 1 heterocycles. The van der Waals surface area contributed by atoms with Crippen LogP contribution in [0.1, 0.15) is 5.56 Å². The second kappa shape index (κ2) is 5.53. The fraction of sp³-hybridized carbons (Fsp3) is 0.214. The molecular weight excluding hydrogens is 259 g/mol. The van der Waals surface area contributed by atoms with Crippen LogP contribution in [0.4, 0.5) is 4.39 Å². The molecule has 0 N–H and O–H groups in total. The Morgan fingerprint density at radius 3 is 2.90 bits per heavy atom. The van der Waals surface area contributed by atoms with Crippen LogP contribution >= 0.6 is 0 Å². The summed E-state index contributed by atoms with van der Waals surface area (Å²) in [4.78, 5) is 13.0. The highest BCUT2D eigenvalue weighted by atomic mass is 19.1. The summed E-state index contributed by atoms with van der Waals surface area (Å²) in [6, 6.07) is 6.09. The first-order chi connectivity index (χ1) is 9.51. The Morgan fingerprint density at radius 1 is 1.50 bits per heavy atom. The van der Waals surface area contributed by atoms with Gasteiger partial charge in [0.2, 0.25) is 5.91 Å². The Hall–Kier alpha value is -2.68. The maximum atomic E-state index is 13.8. The van der Waals surface area contributed by atoms with E-state index in [1.54, 1.807) is 20.3 Å². The fourth-order valence-electron chi connectivity index (χ4n) is 1.69. The summed E-state index contributed by atoms with van der Waals surface area (Å²) in [6.07, 6.45) is 3.06. The third kappa shape index (κ3) is 2.83. The number of nitrogens with zero attached hydrogens (tertiary/aromatic N) is 4. The minimum Gasteiger partial charge on any atom is -0.347 e. The Kier molecular flexibility index (Phi) is 3.80. The van der Waals surface area contributed by atoms with E-state index >= 15 is 0 Å². The number of nitriles is 1. The predicted molar refractivity (Wildman–Crippen MR) is 71.0 cm³/mol. The Bertz CT molecular complexity index is 685. The summed E-state index contributed by atoms with van der Waals surface area (Å²) in [7, 11) is 3.31. The molecule has 0 aliphatic heterocycles. The maximum absolute atomic E-state index is 13.8. The van der Waals surface area contributed by atoms with E-state index in [2.05, 4.69) is 5.10 Å². The van der Waals surface area contributed by atoms with Crippen molar-refractivity contribution in [2.75, 3.05) is 14.1 Å². The molecule has 0 saturated carbocycles. The molecule has 2 rings (SSSR count). The number of benzene rings is 1. The molecule has 0 aliphatic rings. The zero-order valence-corrected chi connectivity index (χ0v) is 11.2. The molecule has 1 aromatic heterocycles. The first-order valence-corrected chi connectivity index (χ1v) is 5.94. The van der Waals surface area contributed by atoms with Gasteiger partial charge in [0.15, 0.2) is 0 Å². The predicted octanol–water partition coefficient (Wildman–Crippen LogP) is 1.65. The standard InChI is InChI=1S/C14H13FN4O/c1-18(2)14(20)9-19-8-11(7-17-19)12-5-10(6-16)3-4-13(12)15/h3-5,7-8H,9H2,1-2H3. The Morgan fingerprint density at radius 2 is 2.25 bits per heavy atom. The minimum atomic E-state index is -0.428. The summed E-state index contributed by atoms with van der Waals surface area (Å²) < 4.78 is 15.2. The number of carbonyl (C=O) groups excluding carboxylic acids is 1. The summed E-state index contributed by atoms with van der Waals surface area (Å²) in [5, 5.41) is 12.9. The number of carbonyl (C=O) groups is 1. The van der Waals surface area contributed by atoms with Gasteiger partial charge in [-0.1, -0.05) is 0 Å². The van der Waals surface area contributed by atoms with Crippen molar-refractivity contribution in [2.24, 2.45) is 0 Å². The third-order valence-electron chi connectivity index (χ3n) is 2.84. The lowest BCUT2D eigenvalue weighted by Gasteiger charge is -2.09. The van der Waals surface area contributed by atoms with Gasteiger partial charge in [0.05, 0.1) is 17.8 Å². The van der Waals surface area contributed by atoms with Crippen molar-refractivity contribution >= 4 is 5.91 Å². The number of likely N-dealkylation sites (N-methyl/N-ethyl adjacent to an activating group) is 1. The van der Waals surface area contributed by atoms with Crippen molar-refractivity contribution in [2.45, 2.75) is 6.54 Å². The van der Waals surface area contributed by atoms with Gasteiger partial charge < -0.3 is 4.90 Å². The molecule has 1 aromatic carbocycles. The minimum absolute atomic E-state index is 0.0898. The monoisotopic (exact) mass is 272 g/mol.